The van der Waals surface area contributed by atoms with E-state index in [2.05, 4.69) is 4.98 Å². The number of halogens is 1. The summed E-state index contributed by atoms with van der Waals surface area (Å²) >= 11 is 7.75. The van der Waals surface area contributed by atoms with E-state index in [0.29, 0.717) is 16.5 Å². The highest BCUT2D eigenvalue weighted by molar-refractivity contribution is 7.83. The Bertz CT molecular complexity index is 1070. The molecule has 3 aromatic rings. The van der Waals surface area contributed by atoms with Gasteiger partial charge < -0.3 is 0 Å². The third-order valence-corrected chi connectivity index (χ3v) is 7.24. The van der Waals surface area contributed by atoms with E-state index in [-0.39, 0.29) is 5.78 Å². The summed E-state index contributed by atoms with van der Waals surface area (Å²) in [6, 6.07) is 9.59. The first-order valence-electron chi connectivity index (χ1n) is 8.92. The molecule has 0 spiro atoms. The molecule has 0 saturated heterocycles. The largest absolute Gasteiger partial charge is 0.294 e. The van der Waals surface area contributed by atoms with Crippen molar-refractivity contribution in [3.05, 3.63) is 74.2 Å². The fourth-order valence-corrected chi connectivity index (χ4v) is 6.09. The first-order chi connectivity index (χ1) is 13.3. The number of hydrogen-bond donors (Lipinski definition) is 0. The minimum absolute atomic E-state index is 0.0471. The van der Waals surface area contributed by atoms with Crippen molar-refractivity contribution < 1.29 is 9.00 Å². The average Bonchev–Trinajstić information content (AvgIpc) is 3.06. The van der Waals surface area contributed by atoms with Gasteiger partial charge in [0.15, 0.2) is 5.78 Å². The topological polar surface area (TPSA) is 47.0 Å². The van der Waals surface area contributed by atoms with Gasteiger partial charge in [0.05, 0.1) is 16.5 Å². The van der Waals surface area contributed by atoms with Crippen LogP contribution in [0.3, 0.4) is 0 Å². The smallest absolute Gasteiger partial charge is 0.160 e. The lowest BCUT2D eigenvalue weighted by atomic mass is 9.92. The van der Waals surface area contributed by atoms with Crippen molar-refractivity contribution in [1.82, 2.24) is 4.98 Å². The monoisotopic (exact) mass is 431 g/mol. The summed E-state index contributed by atoms with van der Waals surface area (Å²) in [6.07, 6.45) is 0. The van der Waals surface area contributed by atoms with Gasteiger partial charge in [0, 0.05) is 33.1 Å². The lowest BCUT2D eigenvalue weighted by Gasteiger charge is -2.15. The first kappa shape index (κ1) is 20.9. The molecule has 6 heteroatoms. The quantitative estimate of drug-likeness (QED) is 0.447. The number of benzene rings is 2. The van der Waals surface area contributed by atoms with Crippen LogP contribution < -0.4 is 0 Å². The predicted molar refractivity (Wildman–Crippen MR) is 119 cm³/mol. The number of hydrogen-bond acceptors (Lipinski definition) is 4. The zero-order chi connectivity index (χ0) is 20.4. The average molecular weight is 432 g/mol. The Kier molecular flexibility index (Phi) is 6.48. The van der Waals surface area contributed by atoms with Crippen molar-refractivity contribution in [3.8, 4) is 10.6 Å². The van der Waals surface area contributed by atoms with Crippen LogP contribution >= 0.6 is 22.9 Å². The molecule has 0 saturated carbocycles. The molecule has 1 aromatic heterocycles. The van der Waals surface area contributed by atoms with E-state index in [1.807, 2.05) is 56.5 Å². The number of thiazole rings is 1. The van der Waals surface area contributed by atoms with E-state index in [4.69, 9.17) is 11.6 Å². The molecule has 0 aliphatic heterocycles. The molecule has 0 aliphatic carbocycles. The minimum Gasteiger partial charge on any atom is -0.294 e. The number of carbonyl (C=O) groups excluding carboxylic acids is 1. The molecular formula is C22H22ClNO2S2. The highest BCUT2D eigenvalue weighted by atomic mass is 35.5. The van der Waals surface area contributed by atoms with Gasteiger partial charge in [0.1, 0.15) is 5.01 Å². The summed E-state index contributed by atoms with van der Waals surface area (Å²) in [4.78, 5) is 16.6. The maximum atomic E-state index is 12.8. The SMILES string of the molecule is CC(=O)c1c(C)cc(C)c(C[S@](=O)Cc2csc(-c3ccccc3Cl)n2)c1C. The number of Topliss-reactive ketones (excluding diaryl/α,β-unsaturated/α-hetero) is 1. The Morgan fingerprint density at radius 1 is 1.14 bits per heavy atom. The summed E-state index contributed by atoms with van der Waals surface area (Å²) < 4.78 is 12.8. The Morgan fingerprint density at radius 2 is 1.86 bits per heavy atom. The molecule has 0 N–H and O–H groups in total. The van der Waals surface area contributed by atoms with Gasteiger partial charge in [-0.15, -0.1) is 11.3 Å². The number of ketones is 1. The second kappa shape index (κ2) is 8.68. The Morgan fingerprint density at radius 3 is 2.54 bits per heavy atom. The molecule has 146 valence electrons. The Hall–Kier alpha value is -1.82. The third-order valence-electron chi connectivity index (χ3n) is 4.75. The van der Waals surface area contributed by atoms with Crippen molar-refractivity contribution in [2.75, 3.05) is 0 Å². The summed E-state index contributed by atoms with van der Waals surface area (Å²) in [7, 11) is -1.12. The highest BCUT2D eigenvalue weighted by Gasteiger charge is 2.17. The summed E-state index contributed by atoms with van der Waals surface area (Å²) in [6.45, 7) is 7.48. The molecule has 1 heterocycles. The van der Waals surface area contributed by atoms with E-state index in [9.17, 15) is 9.00 Å². The second-order valence-corrected chi connectivity index (χ2v) is 9.62. The summed E-state index contributed by atoms with van der Waals surface area (Å²) in [5, 5.41) is 3.43. The molecule has 28 heavy (non-hydrogen) atoms. The fraction of sp³-hybridized carbons (Fsp3) is 0.273. The molecule has 0 amide bonds. The molecule has 0 unspecified atom stereocenters. The molecule has 2 aromatic carbocycles. The third kappa shape index (κ3) is 4.43. The van der Waals surface area contributed by atoms with Crippen molar-refractivity contribution in [2.24, 2.45) is 0 Å². The van der Waals surface area contributed by atoms with Crippen LogP contribution in [-0.4, -0.2) is 15.0 Å². The van der Waals surface area contributed by atoms with Crippen LogP contribution in [0.2, 0.25) is 5.02 Å². The molecule has 3 nitrogen and oxygen atoms in total. The van der Waals surface area contributed by atoms with Crippen molar-refractivity contribution in [2.45, 2.75) is 39.2 Å². The Balaban J connectivity index is 1.80. The van der Waals surface area contributed by atoms with E-state index in [0.717, 1.165) is 44.1 Å². The number of nitrogens with zero attached hydrogens (tertiary/aromatic N) is 1. The second-order valence-electron chi connectivity index (χ2n) is 6.90. The van der Waals surface area contributed by atoms with E-state index < -0.39 is 10.8 Å². The molecule has 3 rings (SSSR count). The van der Waals surface area contributed by atoms with Crippen molar-refractivity contribution in [1.29, 1.82) is 0 Å². The van der Waals surface area contributed by atoms with Crippen molar-refractivity contribution in [3.63, 3.8) is 0 Å². The number of rotatable bonds is 6. The van der Waals surface area contributed by atoms with Crippen LogP contribution in [0, 0.1) is 20.8 Å². The number of aryl methyl sites for hydroxylation is 2. The van der Waals surface area contributed by atoms with Crippen molar-refractivity contribution >= 4 is 39.5 Å². The number of carbonyl (C=O) groups is 1. The van der Waals surface area contributed by atoms with Gasteiger partial charge in [-0.2, -0.15) is 0 Å². The zero-order valence-corrected chi connectivity index (χ0v) is 18.7. The van der Waals surface area contributed by atoms with Gasteiger partial charge in [-0.05, 0) is 56.0 Å². The van der Waals surface area contributed by atoms with Crippen LogP contribution in [0.5, 0.6) is 0 Å². The van der Waals surface area contributed by atoms with Gasteiger partial charge in [0.25, 0.3) is 0 Å². The van der Waals surface area contributed by atoms with E-state index >= 15 is 0 Å². The highest BCUT2D eigenvalue weighted by Crippen LogP contribution is 2.31. The van der Waals surface area contributed by atoms with Gasteiger partial charge >= 0.3 is 0 Å². The van der Waals surface area contributed by atoms with Crippen LogP contribution in [0.15, 0.2) is 35.7 Å². The van der Waals surface area contributed by atoms with Gasteiger partial charge in [0.2, 0.25) is 0 Å². The summed E-state index contributed by atoms with van der Waals surface area (Å²) in [5.41, 5.74) is 6.41. The van der Waals surface area contributed by atoms with Gasteiger partial charge in [-0.3, -0.25) is 9.00 Å². The molecule has 0 aliphatic rings. The fourth-order valence-electron chi connectivity index (χ4n) is 3.50. The zero-order valence-electron chi connectivity index (χ0n) is 16.3. The molecule has 0 bridgehead atoms. The van der Waals surface area contributed by atoms with E-state index in [1.165, 1.54) is 11.3 Å². The standard InChI is InChI=1S/C22H22ClNO2S2/c1-13-9-14(2)21(16(4)25)15(3)19(13)12-28(26)11-17-10-27-22(24-17)18-7-5-6-8-20(18)23/h5-10H,11-12H2,1-4H3/t28-/m1/s1. The predicted octanol–water partition coefficient (Wildman–Crippen LogP) is 6.04. The molecular weight excluding hydrogens is 410 g/mol. The molecule has 0 radical (unpaired) electrons. The van der Waals surface area contributed by atoms with Gasteiger partial charge in [-0.25, -0.2) is 4.98 Å². The number of aromatic nitrogens is 1. The van der Waals surface area contributed by atoms with Crippen LogP contribution in [0.25, 0.3) is 10.6 Å². The van der Waals surface area contributed by atoms with Gasteiger partial charge in [-0.1, -0.05) is 35.9 Å². The minimum atomic E-state index is -1.12. The summed E-state index contributed by atoms with van der Waals surface area (Å²) in [5.74, 6) is 0.839. The van der Waals surface area contributed by atoms with E-state index in [1.54, 1.807) is 6.92 Å². The maximum absolute atomic E-state index is 12.8. The van der Waals surface area contributed by atoms with Crippen LogP contribution in [0.1, 0.15) is 45.2 Å². The maximum Gasteiger partial charge on any atom is 0.160 e. The van der Waals surface area contributed by atoms with Crippen LogP contribution in [-0.2, 0) is 22.3 Å². The van der Waals surface area contributed by atoms with Crippen LogP contribution in [0.4, 0.5) is 0 Å². The molecule has 0 fully saturated rings. The molecule has 1 atom stereocenters. The first-order valence-corrected chi connectivity index (χ1v) is 11.7. The normalized spacial score (nSPS) is 12.2. The lowest BCUT2D eigenvalue weighted by Crippen LogP contribution is -2.09. The lowest BCUT2D eigenvalue weighted by molar-refractivity contribution is 0.101. The Labute approximate surface area is 177 Å².